The molecule has 0 saturated carbocycles. The standard InChI is InChI=1S/C21H19ClN2O3/c1-2-8-24-18-11-15(3-6-20(18)27-13-21(24)26)19(25)12-23-9-7-14-10-16(22)4-5-17(14)23/h3-7,9-11H,2,8,12-13H2,1H3. The third-order valence-corrected chi connectivity index (χ3v) is 4.95. The third kappa shape index (κ3) is 3.30. The van der Waals surface area contributed by atoms with Crippen LogP contribution in [-0.2, 0) is 11.3 Å². The second-order valence-corrected chi connectivity index (χ2v) is 7.02. The highest BCUT2D eigenvalue weighted by Crippen LogP contribution is 2.33. The number of ketones is 1. The number of amides is 1. The molecule has 2 heterocycles. The fourth-order valence-electron chi connectivity index (χ4n) is 3.40. The zero-order valence-corrected chi connectivity index (χ0v) is 15.7. The number of benzene rings is 2. The van der Waals surface area contributed by atoms with Crippen LogP contribution in [0.5, 0.6) is 5.75 Å². The Morgan fingerprint density at radius 1 is 1.19 bits per heavy atom. The summed E-state index contributed by atoms with van der Waals surface area (Å²) in [6.45, 7) is 2.88. The first-order valence-electron chi connectivity index (χ1n) is 8.91. The number of nitrogens with zero attached hydrogens (tertiary/aromatic N) is 2. The van der Waals surface area contributed by atoms with Crippen LogP contribution in [0.1, 0.15) is 23.7 Å². The Labute approximate surface area is 162 Å². The summed E-state index contributed by atoms with van der Waals surface area (Å²) < 4.78 is 7.40. The molecule has 2 aromatic carbocycles. The molecule has 0 N–H and O–H groups in total. The highest BCUT2D eigenvalue weighted by Gasteiger charge is 2.26. The number of ether oxygens (including phenoxy) is 1. The number of Topliss-reactive ketones (excluding diaryl/α,β-unsaturated/α-hetero) is 1. The van der Waals surface area contributed by atoms with Crippen molar-refractivity contribution in [2.75, 3.05) is 18.1 Å². The van der Waals surface area contributed by atoms with Gasteiger partial charge in [-0.1, -0.05) is 18.5 Å². The lowest BCUT2D eigenvalue weighted by atomic mass is 10.1. The molecule has 5 nitrogen and oxygen atoms in total. The van der Waals surface area contributed by atoms with Crippen LogP contribution < -0.4 is 9.64 Å². The molecule has 0 bridgehead atoms. The molecule has 0 aliphatic carbocycles. The average molecular weight is 383 g/mol. The number of halogens is 1. The molecular formula is C21H19ClN2O3. The van der Waals surface area contributed by atoms with Crippen LogP contribution in [-0.4, -0.2) is 29.4 Å². The molecule has 6 heteroatoms. The van der Waals surface area contributed by atoms with Crippen molar-refractivity contribution >= 4 is 39.9 Å². The molecule has 3 aromatic rings. The third-order valence-electron chi connectivity index (χ3n) is 4.72. The van der Waals surface area contributed by atoms with Crippen molar-refractivity contribution in [2.45, 2.75) is 19.9 Å². The number of fused-ring (bicyclic) bond motifs is 2. The van der Waals surface area contributed by atoms with Crippen LogP contribution in [0.25, 0.3) is 10.9 Å². The first-order chi connectivity index (χ1) is 13.1. The summed E-state index contributed by atoms with van der Waals surface area (Å²) in [6.07, 6.45) is 2.72. The molecule has 0 atom stereocenters. The lowest BCUT2D eigenvalue weighted by molar-refractivity contribution is -0.121. The van der Waals surface area contributed by atoms with Crippen LogP contribution >= 0.6 is 11.6 Å². The fraction of sp³-hybridized carbons (Fsp3) is 0.238. The van der Waals surface area contributed by atoms with Gasteiger partial charge < -0.3 is 14.2 Å². The van der Waals surface area contributed by atoms with Crippen LogP contribution in [0.4, 0.5) is 5.69 Å². The second kappa shape index (κ2) is 7.08. The Bertz CT molecular complexity index is 1040. The maximum atomic E-state index is 12.9. The van der Waals surface area contributed by atoms with Gasteiger partial charge in [0.25, 0.3) is 5.91 Å². The van der Waals surface area contributed by atoms with E-state index in [1.165, 1.54) is 0 Å². The minimum Gasteiger partial charge on any atom is -0.482 e. The lowest BCUT2D eigenvalue weighted by Gasteiger charge is -2.29. The van der Waals surface area contributed by atoms with Crippen LogP contribution in [0.15, 0.2) is 48.7 Å². The van der Waals surface area contributed by atoms with Gasteiger partial charge in [-0.3, -0.25) is 9.59 Å². The number of hydrogen-bond donors (Lipinski definition) is 0. The minimum atomic E-state index is -0.0813. The Kier molecular flexibility index (Phi) is 4.62. The summed E-state index contributed by atoms with van der Waals surface area (Å²) in [4.78, 5) is 26.7. The lowest BCUT2D eigenvalue weighted by Crippen LogP contribution is -2.39. The first kappa shape index (κ1) is 17.6. The SMILES string of the molecule is CCCN1C(=O)COc2ccc(C(=O)Cn3ccc4cc(Cl)ccc43)cc21. The Morgan fingerprint density at radius 2 is 2.04 bits per heavy atom. The van der Waals surface area contributed by atoms with E-state index < -0.39 is 0 Å². The topological polar surface area (TPSA) is 51.5 Å². The van der Waals surface area contributed by atoms with Crippen molar-refractivity contribution in [3.05, 3.63) is 59.2 Å². The molecule has 138 valence electrons. The molecule has 27 heavy (non-hydrogen) atoms. The van der Waals surface area contributed by atoms with E-state index in [4.69, 9.17) is 16.3 Å². The van der Waals surface area contributed by atoms with E-state index in [9.17, 15) is 9.59 Å². The van der Waals surface area contributed by atoms with Gasteiger partial charge in [0.2, 0.25) is 0 Å². The average Bonchev–Trinajstić information content (AvgIpc) is 3.05. The zero-order valence-electron chi connectivity index (χ0n) is 14.9. The van der Waals surface area contributed by atoms with Gasteiger partial charge in [-0.05, 0) is 48.9 Å². The molecule has 1 aliphatic heterocycles. The van der Waals surface area contributed by atoms with Crippen molar-refractivity contribution in [3.63, 3.8) is 0 Å². The van der Waals surface area contributed by atoms with Crippen LogP contribution in [0.2, 0.25) is 5.02 Å². The summed E-state index contributed by atoms with van der Waals surface area (Å²) >= 11 is 6.03. The number of rotatable bonds is 5. The van der Waals surface area contributed by atoms with Gasteiger partial charge in [0, 0.05) is 34.2 Å². The largest absolute Gasteiger partial charge is 0.482 e. The molecule has 4 rings (SSSR count). The summed E-state index contributed by atoms with van der Waals surface area (Å²) in [5.74, 6) is 0.530. The zero-order chi connectivity index (χ0) is 19.0. The summed E-state index contributed by atoms with van der Waals surface area (Å²) in [7, 11) is 0. The second-order valence-electron chi connectivity index (χ2n) is 6.59. The molecule has 1 aromatic heterocycles. The molecule has 1 aliphatic rings. The summed E-state index contributed by atoms with van der Waals surface area (Å²) in [5, 5.41) is 1.66. The van der Waals surface area contributed by atoms with Crippen molar-refractivity contribution < 1.29 is 14.3 Å². The predicted octanol–water partition coefficient (Wildman–Crippen LogP) is 4.31. The van der Waals surface area contributed by atoms with Crippen molar-refractivity contribution in [1.82, 2.24) is 4.57 Å². The van der Waals surface area contributed by atoms with Gasteiger partial charge in [0.05, 0.1) is 12.2 Å². The van der Waals surface area contributed by atoms with E-state index in [1.807, 2.05) is 42.0 Å². The molecular weight excluding hydrogens is 364 g/mol. The monoisotopic (exact) mass is 382 g/mol. The smallest absolute Gasteiger partial charge is 0.265 e. The minimum absolute atomic E-state index is 0.0280. The highest BCUT2D eigenvalue weighted by molar-refractivity contribution is 6.31. The summed E-state index contributed by atoms with van der Waals surface area (Å²) in [5.41, 5.74) is 2.18. The van der Waals surface area contributed by atoms with E-state index in [-0.39, 0.29) is 24.8 Å². The normalized spacial score (nSPS) is 13.6. The molecule has 1 amide bonds. The molecule has 0 saturated heterocycles. The molecule has 0 unspecified atom stereocenters. The number of hydrogen-bond acceptors (Lipinski definition) is 3. The number of anilines is 1. The van der Waals surface area contributed by atoms with Crippen molar-refractivity contribution in [2.24, 2.45) is 0 Å². The van der Waals surface area contributed by atoms with E-state index in [1.54, 1.807) is 23.1 Å². The van der Waals surface area contributed by atoms with E-state index in [0.717, 1.165) is 17.3 Å². The van der Waals surface area contributed by atoms with E-state index in [2.05, 4.69) is 0 Å². The van der Waals surface area contributed by atoms with Gasteiger partial charge in [-0.15, -0.1) is 0 Å². The van der Waals surface area contributed by atoms with Crippen LogP contribution in [0, 0.1) is 0 Å². The molecule has 0 radical (unpaired) electrons. The maximum absolute atomic E-state index is 12.9. The van der Waals surface area contributed by atoms with Gasteiger partial charge >= 0.3 is 0 Å². The predicted molar refractivity (Wildman–Crippen MR) is 106 cm³/mol. The maximum Gasteiger partial charge on any atom is 0.265 e. The van der Waals surface area contributed by atoms with Crippen LogP contribution in [0.3, 0.4) is 0 Å². The number of aromatic nitrogens is 1. The quantitative estimate of drug-likeness (QED) is 0.618. The number of carbonyl (C=O) groups excluding carboxylic acids is 2. The van der Waals surface area contributed by atoms with Gasteiger partial charge in [0.15, 0.2) is 12.4 Å². The molecule has 0 spiro atoms. The van der Waals surface area contributed by atoms with E-state index in [0.29, 0.717) is 28.6 Å². The molecule has 0 fully saturated rings. The first-order valence-corrected chi connectivity index (χ1v) is 9.29. The Hall–Kier alpha value is -2.79. The Morgan fingerprint density at radius 3 is 2.85 bits per heavy atom. The number of carbonyl (C=O) groups is 2. The highest BCUT2D eigenvalue weighted by atomic mass is 35.5. The summed E-state index contributed by atoms with van der Waals surface area (Å²) in [6, 6.07) is 12.8. The Balaban J connectivity index is 1.63. The van der Waals surface area contributed by atoms with Gasteiger partial charge in [-0.25, -0.2) is 0 Å². The van der Waals surface area contributed by atoms with E-state index >= 15 is 0 Å². The van der Waals surface area contributed by atoms with Crippen molar-refractivity contribution in [1.29, 1.82) is 0 Å². The fourth-order valence-corrected chi connectivity index (χ4v) is 3.58. The van der Waals surface area contributed by atoms with Gasteiger partial charge in [0.1, 0.15) is 5.75 Å². The van der Waals surface area contributed by atoms with Gasteiger partial charge in [-0.2, -0.15) is 0 Å². The van der Waals surface area contributed by atoms with Crippen molar-refractivity contribution in [3.8, 4) is 5.75 Å².